The van der Waals surface area contributed by atoms with Crippen LogP contribution in [0.4, 0.5) is 0 Å². The largest absolute Gasteiger partial charge is 0.295 e. The van der Waals surface area contributed by atoms with E-state index in [1.165, 1.54) is 24.7 Å². The Morgan fingerprint density at radius 2 is 2.06 bits per heavy atom. The minimum atomic E-state index is 1.06. The first-order valence-corrected chi connectivity index (χ1v) is 7.28. The van der Waals surface area contributed by atoms with E-state index in [1.54, 1.807) is 5.31 Å². The Labute approximate surface area is 100 Å². The predicted molar refractivity (Wildman–Crippen MR) is 73.3 cm³/mol. The topological polar surface area (TPSA) is 3.24 Å². The van der Waals surface area contributed by atoms with Gasteiger partial charge in [-0.25, -0.2) is 0 Å². The summed E-state index contributed by atoms with van der Waals surface area (Å²) in [6.45, 7) is 5.74. The van der Waals surface area contributed by atoms with Crippen LogP contribution in [0, 0.1) is 0 Å². The number of hydrogen-bond donors (Lipinski definition) is 0. The fraction of sp³-hybridized carbons (Fsp3) is 0.429. The van der Waals surface area contributed by atoms with Gasteiger partial charge in [0, 0.05) is 19.6 Å². The van der Waals surface area contributed by atoms with Crippen molar-refractivity contribution in [3.05, 3.63) is 47.3 Å². The molecule has 0 aromatic heterocycles. The molecule has 0 saturated heterocycles. The smallest absolute Gasteiger partial charge is 0.0237 e. The quantitative estimate of drug-likeness (QED) is 0.720. The third-order valence-corrected chi connectivity index (χ3v) is 4.21. The van der Waals surface area contributed by atoms with Gasteiger partial charge in [-0.15, -0.1) is 0 Å². The molecule has 2 rings (SSSR count). The first-order chi connectivity index (χ1) is 7.88. The summed E-state index contributed by atoms with van der Waals surface area (Å²) in [5.74, 6) is 0. The molecule has 1 nitrogen and oxygen atoms in total. The Balaban J connectivity index is 1.86. The fourth-order valence-corrected chi connectivity index (χ4v) is 3.06. The van der Waals surface area contributed by atoms with Crippen molar-refractivity contribution in [2.75, 3.05) is 19.3 Å². The van der Waals surface area contributed by atoms with Crippen molar-refractivity contribution < 1.29 is 0 Å². The van der Waals surface area contributed by atoms with Crippen molar-refractivity contribution in [2.24, 2.45) is 0 Å². The van der Waals surface area contributed by atoms with Gasteiger partial charge in [0.1, 0.15) is 0 Å². The number of rotatable bonds is 4. The van der Waals surface area contributed by atoms with Gasteiger partial charge in [0.05, 0.1) is 0 Å². The molecular formula is C14H20NP. The molecule has 0 spiro atoms. The standard InChI is InChI=1S/C14H20NP/c1-2-16-14-8-10-15(11-9-14)12-13-6-4-3-5-7-13/h3-8,16H,2,9-12H2,1H3. The summed E-state index contributed by atoms with van der Waals surface area (Å²) in [5, 5.41) is 1.69. The highest BCUT2D eigenvalue weighted by Crippen LogP contribution is 2.28. The van der Waals surface area contributed by atoms with Crippen LogP contribution in [-0.4, -0.2) is 24.2 Å². The van der Waals surface area contributed by atoms with Gasteiger partial charge in [-0.1, -0.05) is 57.2 Å². The van der Waals surface area contributed by atoms with E-state index in [9.17, 15) is 0 Å². The predicted octanol–water partition coefficient (Wildman–Crippen LogP) is 3.47. The maximum atomic E-state index is 2.53. The average Bonchev–Trinajstić information content (AvgIpc) is 2.33. The summed E-state index contributed by atoms with van der Waals surface area (Å²) in [6, 6.07) is 10.8. The molecule has 0 amide bonds. The van der Waals surface area contributed by atoms with E-state index in [4.69, 9.17) is 0 Å². The second kappa shape index (κ2) is 6.18. The third kappa shape index (κ3) is 3.43. The zero-order chi connectivity index (χ0) is 11.2. The van der Waals surface area contributed by atoms with Gasteiger partial charge in [-0.2, -0.15) is 0 Å². The maximum Gasteiger partial charge on any atom is 0.0237 e. The molecule has 16 heavy (non-hydrogen) atoms. The summed E-state index contributed by atoms with van der Waals surface area (Å²) >= 11 is 0. The molecule has 0 fully saturated rings. The van der Waals surface area contributed by atoms with E-state index < -0.39 is 0 Å². The van der Waals surface area contributed by atoms with Crippen LogP contribution in [0.25, 0.3) is 0 Å². The van der Waals surface area contributed by atoms with Gasteiger partial charge in [0.25, 0.3) is 0 Å². The highest BCUT2D eigenvalue weighted by molar-refractivity contribution is 7.43. The zero-order valence-corrected chi connectivity index (χ0v) is 10.9. The second-order valence-corrected chi connectivity index (χ2v) is 5.93. The lowest BCUT2D eigenvalue weighted by Crippen LogP contribution is -2.27. The number of benzene rings is 1. The number of nitrogens with zero attached hydrogens (tertiary/aromatic N) is 1. The molecule has 1 unspecified atom stereocenters. The van der Waals surface area contributed by atoms with E-state index >= 15 is 0 Å². The zero-order valence-electron chi connectivity index (χ0n) is 9.95. The molecule has 1 aliphatic heterocycles. The monoisotopic (exact) mass is 233 g/mol. The van der Waals surface area contributed by atoms with Crippen molar-refractivity contribution in [1.29, 1.82) is 0 Å². The molecule has 0 saturated carbocycles. The molecule has 0 radical (unpaired) electrons. The SMILES string of the molecule is CCPC1=CCN(Cc2ccccc2)CC1. The van der Waals surface area contributed by atoms with Gasteiger partial charge in [-0.3, -0.25) is 4.90 Å². The second-order valence-electron chi connectivity index (χ2n) is 4.23. The van der Waals surface area contributed by atoms with Gasteiger partial charge in [0.2, 0.25) is 0 Å². The highest BCUT2D eigenvalue weighted by atomic mass is 31.1. The number of hydrogen-bond acceptors (Lipinski definition) is 1. The van der Waals surface area contributed by atoms with Gasteiger partial charge in [-0.05, 0) is 18.1 Å². The lowest BCUT2D eigenvalue weighted by Gasteiger charge is -2.26. The van der Waals surface area contributed by atoms with Crippen LogP contribution < -0.4 is 0 Å². The molecule has 0 aliphatic carbocycles. The summed E-state index contributed by atoms with van der Waals surface area (Å²) in [5.41, 5.74) is 1.43. The van der Waals surface area contributed by atoms with Crippen LogP contribution in [0.5, 0.6) is 0 Å². The van der Waals surface area contributed by atoms with Crippen LogP contribution in [0.3, 0.4) is 0 Å². The van der Waals surface area contributed by atoms with Crippen molar-refractivity contribution >= 4 is 8.58 Å². The summed E-state index contributed by atoms with van der Waals surface area (Å²) in [7, 11) is 1.06. The highest BCUT2D eigenvalue weighted by Gasteiger charge is 2.10. The van der Waals surface area contributed by atoms with Crippen molar-refractivity contribution in [3.8, 4) is 0 Å². The lowest BCUT2D eigenvalue weighted by molar-refractivity contribution is 0.289. The normalized spacial score (nSPS) is 17.9. The first kappa shape index (κ1) is 11.8. The molecule has 86 valence electrons. The molecule has 2 heteroatoms. The molecule has 1 aliphatic rings. The van der Waals surface area contributed by atoms with Crippen LogP contribution in [0.1, 0.15) is 18.9 Å². The molecule has 0 N–H and O–H groups in total. The van der Waals surface area contributed by atoms with Crippen LogP contribution in [-0.2, 0) is 6.54 Å². The van der Waals surface area contributed by atoms with Gasteiger partial charge in [0.15, 0.2) is 0 Å². The molecular weight excluding hydrogens is 213 g/mol. The molecule has 1 heterocycles. The van der Waals surface area contributed by atoms with Crippen molar-refractivity contribution in [3.63, 3.8) is 0 Å². The van der Waals surface area contributed by atoms with Gasteiger partial charge < -0.3 is 0 Å². The maximum absolute atomic E-state index is 2.53. The fourth-order valence-electron chi connectivity index (χ4n) is 2.08. The Bertz CT molecular complexity index is 345. The Morgan fingerprint density at radius 1 is 1.25 bits per heavy atom. The lowest BCUT2D eigenvalue weighted by atomic mass is 10.2. The molecule has 1 aromatic carbocycles. The van der Waals surface area contributed by atoms with Crippen molar-refractivity contribution in [1.82, 2.24) is 4.90 Å². The van der Waals surface area contributed by atoms with E-state index in [-0.39, 0.29) is 0 Å². The Hall–Kier alpha value is -0.650. The average molecular weight is 233 g/mol. The third-order valence-electron chi connectivity index (χ3n) is 2.95. The first-order valence-electron chi connectivity index (χ1n) is 6.07. The Kier molecular flexibility index (Phi) is 4.56. The molecule has 0 bridgehead atoms. The minimum absolute atomic E-state index is 1.06. The van der Waals surface area contributed by atoms with Crippen LogP contribution >= 0.6 is 8.58 Å². The summed E-state index contributed by atoms with van der Waals surface area (Å²) in [4.78, 5) is 2.53. The summed E-state index contributed by atoms with van der Waals surface area (Å²) in [6.07, 6.45) is 5.03. The molecule has 1 atom stereocenters. The van der Waals surface area contributed by atoms with E-state index in [0.717, 1.165) is 21.7 Å². The van der Waals surface area contributed by atoms with Crippen LogP contribution in [0.2, 0.25) is 0 Å². The van der Waals surface area contributed by atoms with E-state index in [0.29, 0.717) is 0 Å². The van der Waals surface area contributed by atoms with Crippen LogP contribution in [0.15, 0.2) is 41.7 Å². The van der Waals surface area contributed by atoms with E-state index in [2.05, 4.69) is 48.2 Å². The van der Waals surface area contributed by atoms with Gasteiger partial charge >= 0.3 is 0 Å². The minimum Gasteiger partial charge on any atom is -0.295 e. The molecule has 1 aromatic rings. The summed E-state index contributed by atoms with van der Waals surface area (Å²) < 4.78 is 0. The van der Waals surface area contributed by atoms with E-state index in [1.807, 2.05) is 0 Å². The van der Waals surface area contributed by atoms with Crippen molar-refractivity contribution in [2.45, 2.75) is 19.9 Å². The Morgan fingerprint density at radius 3 is 2.69 bits per heavy atom.